The predicted molar refractivity (Wildman–Crippen MR) is 86.1 cm³/mol. The summed E-state index contributed by atoms with van der Waals surface area (Å²) in [7, 11) is 2.12. The second kappa shape index (κ2) is 6.76. The maximum absolute atomic E-state index is 3.55. The van der Waals surface area contributed by atoms with E-state index in [9.17, 15) is 0 Å². The summed E-state index contributed by atoms with van der Waals surface area (Å²) >= 11 is 0. The highest BCUT2D eigenvalue weighted by atomic mass is 14.9. The summed E-state index contributed by atoms with van der Waals surface area (Å²) in [4.78, 5) is 0. The van der Waals surface area contributed by atoms with Gasteiger partial charge in [0.15, 0.2) is 0 Å². The first-order valence-electron chi connectivity index (χ1n) is 8.66. The van der Waals surface area contributed by atoms with Crippen molar-refractivity contribution in [1.29, 1.82) is 0 Å². The van der Waals surface area contributed by atoms with E-state index in [4.69, 9.17) is 0 Å². The van der Waals surface area contributed by atoms with Crippen LogP contribution >= 0.6 is 0 Å². The number of hydrogen-bond donors (Lipinski definition) is 1. The molecular weight excluding hydrogens is 242 g/mol. The maximum Gasteiger partial charge on any atom is 0.0317 e. The van der Waals surface area contributed by atoms with Gasteiger partial charge in [0.1, 0.15) is 0 Å². The van der Waals surface area contributed by atoms with Gasteiger partial charge in [0, 0.05) is 6.04 Å². The second-order valence-electron chi connectivity index (χ2n) is 6.80. The second-order valence-corrected chi connectivity index (χ2v) is 6.80. The predicted octanol–water partition coefficient (Wildman–Crippen LogP) is 4.80. The van der Waals surface area contributed by atoms with E-state index in [1.807, 2.05) is 0 Å². The minimum Gasteiger partial charge on any atom is -0.313 e. The summed E-state index contributed by atoms with van der Waals surface area (Å²) < 4.78 is 0. The van der Waals surface area contributed by atoms with Gasteiger partial charge in [-0.25, -0.2) is 0 Å². The Morgan fingerprint density at radius 3 is 2.65 bits per heavy atom. The van der Waals surface area contributed by atoms with E-state index in [1.54, 1.807) is 11.1 Å². The van der Waals surface area contributed by atoms with Crippen LogP contribution in [0.5, 0.6) is 0 Å². The molecule has 0 aromatic heterocycles. The fourth-order valence-electron chi connectivity index (χ4n) is 4.16. The van der Waals surface area contributed by atoms with Crippen molar-refractivity contribution in [2.24, 2.45) is 5.92 Å². The molecular formula is C19H29N. The van der Waals surface area contributed by atoms with Gasteiger partial charge in [-0.1, -0.05) is 50.3 Å². The fraction of sp³-hybridized carbons (Fsp3) is 0.684. The highest BCUT2D eigenvalue weighted by Gasteiger charge is 2.18. The first kappa shape index (κ1) is 14.1. The average Bonchev–Trinajstić information content (AvgIpc) is 2.96. The molecule has 1 atom stereocenters. The molecule has 1 unspecified atom stereocenters. The molecule has 1 aromatic carbocycles. The fourth-order valence-corrected chi connectivity index (χ4v) is 4.16. The van der Waals surface area contributed by atoms with Crippen molar-refractivity contribution < 1.29 is 0 Å². The summed E-state index contributed by atoms with van der Waals surface area (Å²) in [6.45, 7) is 0. The molecule has 0 spiro atoms. The van der Waals surface area contributed by atoms with Crippen molar-refractivity contribution in [3.05, 3.63) is 34.9 Å². The Morgan fingerprint density at radius 2 is 1.85 bits per heavy atom. The van der Waals surface area contributed by atoms with E-state index in [0.29, 0.717) is 6.04 Å². The van der Waals surface area contributed by atoms with Gasteiger partial charge < -0.3 is 5.32 Å². The molecule has 1 N–H and O–H groups in total. The van der Waals surface area contributed by atoms with Crippen LogP contribution in [0.1, 0.15) is 74.1 Å². The monoisotopic (exact) mass is 271 g/mol. The highest BCUT2D eigenvalue weighted by molar-refractivity contribution is 5.36. The lowest BCUT2D eigenvalue weighted by Gasteiger charge is -2.24. The molecule has 1 fully saturated rings. The lowest BCUT2D eigenvalue weighted by atomic mass is 9.84. The van der Waals surface area contributed by atoms with E-state index in [2.05, 4.69) is 30.6 Å². The molecule has 1 saturated carbocycles. The average molecular weight is 271 g/mol. The molecule has 0 saturated heterocycles. The van der Waals surface area contributed by atoms with Crippen LogP contribution in [-0.4, -0.2) is 7.05 Å². The molecule has 2 aliphatic carbocycles. The van der Waals surface area contributed by atoms with Crippen molar-refractivity contribution in [3.63, 3.8) is 0 Å². The molecule has 0 bridgehead atoms. The Bertz CT molecular complexity index is 431. The van der Waals surface area contributed by atoms with Crippen molar-refractivity contribution in [2.75, 3.05) is 7.05 Å². The van der Waals surface area contributed by atoms with Gasteiger partial charge in [-0.05, 0) is 61.8 Å². The maximum atomic E-state index is 3.55. The third-order valence-electron chi connectivity index (χ3n) is 5.46. The minimum atomic E-state index is 0.558. The van der Waals surface area contributed by atoms with Crippen LogP contribution in [0.15, 0.2) is 18.2 Å². The molecule has 0 amide bonds. The number of nitrogens with one attached hydrogen (secondary N) is 1. The Balaban J connectivity index is 1.60. The molecule has 20 heavy (non-hydrogen) atoms. The number of rotatable bonds is 5. The molecule has 110 valence electrons. The summed E-state index contributed by atoms with van der Waals surface area (Å²) in [5.74, 6) is 0.994. The van der Waals surface area contributed by atoms with Crippen LogP contribution in [0.2, 0.25) is 0 Å². The lowest BCUT2D eigenvalue weighted by molar-refractivity contribution is 0.317. The minimum absolute atomic E-state index is 0.558. The van der Waals surface area contributed by atoms with Gasteiger partial charge in [-0.3, -0.25) is 0 Å². The number of fused-ring (bicyclic) bond motifs is 1. The zero-order valence-corrected chi connectivity index (χ0v) is 13.0. The topological polar surface area (TPSA) is 12.0 Å². The molecule has 0 radical (unpaired) electrons. The van der Waals surface area contributed by atoms with E-state index in [-0.39, 0.29) is 0 Å². The smallest absolute Gasteiger partial charge is 0.0317 e. The zero-order valence-electron chi connectivity index (χ0n) is 13.0. The Hall–Kier alpha value is -0.820. The summed E-state index contributed by atoms with van der Waals surface area (Å²) in [5.41, 5.74) is 4.72. The van der Waals surface area contributed by atoms with E-state index < -0.39 is 0 Å². The summed E-state index contributed by atoms with van der Waals surface area (Å²) in [6.07, 6.45) is 14.0. The van der Waals surface area contributed by atoms with Crippen LogP contribution < -0.4 is 5.32 Å². The van der Waals surface area contributed by atoms with Crippen LogP contribution in [0.4, 0.5) is 0 Å². The van der Waals surface area contributed by atoms with Gasteiger partial charge in [-0.15, -0.1) is 0 Å². The van der Waals surface area contributed by atoms with Crippen molar-refractivity contribution >= 4 is 0 Å². The van der Waals surface area contributed by atoms with Crippen molar-refractivity contribution in [2.45, 2.75) is 70.3 Å². The molecule has 0 heterocycles. The Kier molecular flexibility index (Phi) is 4.77. The van der Waals surface area contributed by atoms with Crippen molar-refractivity contribution in [3.8, 4) is 0 Å². The number of hydrogen-bond acceptors (Lipinski definition) is 1. The van der Waals surface area contributed by atoms with Gasteiger partial charge in [-0.2, -0.15) is 0 Å². The normalized spacial score (nSPS) is 20.9. The molecule has 1 nitrogen and oxygen atoms in total. The van der Waals surface area contributed by atoms with Crippen molar-refractivity contribution in [1.82, 2.24) is 5.32 Å². The molecule has 0 aliphatic heterocycles. The first-order valence-corrected chi connectivity index (χ1v) is 8.66. The third kappa shape index (κ3) is 3.25. The number of aryl methyl sites for hydroxylation is 2. The quantitative estimate of drug-likeness (QED) is 0.811. The van der Waals surface area contributed by atoms with Crippen LogP contribution in [0.25, 0.3) is 0 Å². The number of benzene rings is 1. The Labute approximate surface area is 124 Å². The first-order chi connectivity index (χ1) is 9.86. The molecule has 1 aromatic rings. The lowest BCUT2D eigenvalue weighted by Crippen LogP contribution is -2.18. The molecule has 3 rings (SSSR count). The largest absolute Gasteiger partial charge is 0.313 e. The van der Waals surface area contributed by atoms with Crippen LogP contribution in [0, 0.1) is 5.92 Å². The van der Waals surface area contributed by atoms with E-state index in [1.165, 1.54) is 69.8 Å². The van der Waals surface area contributed by atoms with E-state index >= 15 is 0 Å². The third-order valence-corrected chi connectivity index (χ3v) is 5.46. The Morgan fingerprint density at radius 1 is 1.05 bits per heavy atom. The van der Waals surface area contributed by atoms with Crippen LogP contribution in [-0.2, 0) is 12.8 Å². The van der Waals surface area contributed by atoms with Gasteiger partial charge in [0.25, 0.3) is 0 Å². The summed E-state index contributed by atoms with van der Waals surface area (Å²) in [6, 6.07) is 7.78. The summed E-state index contributed by atoms with van der Waals surface area (Å²) in [5, 5.41) is 3.55. The van der Waals surface area contributed by atoms with Crippen LogP contribution in [0.3, 0.4) is 0 Å². The standard InChI is InChI=1S/C19H29N/c1-20-19(13-10-15-6-3-2-4-7-15)18-12-11-16-8-5-9-17(16)14-18/h11-12,14-15,19-20H,2-10,13H2,1H3. The zero-order chi connectivity index (χ0) is 13.8. The SMILES string of the molecule is CNC(CCC1CCCCC1)c1ccc2c(c1)CCC2. The molecule has 2 aliphatic rings. The highest BCUT2D eigenvalue weighted by Crippen LogP contribution is 2.31. The van der Waals surface area contributed by atoms with Gasteiger partial charge >= 0.3 is 0 Å². The van der Waals surface area contributed by atoms with Gasteiger partial charge in [0.05, 0.1) is 0 Å². The van der Waals surface area contributed by atoms with Gasteiger partial charge in [0.2, 0.25) is 0 Å². The molecule has 1 heteroatoms. The van der Waals surface area contributed by atoms with E-state index in [0.717, 1.165) is 5.92 Å².